The Labute approximate surface area is 81.4 Å². The third-order valence-corrected chi connectivity index (χ3v) is 2.44. The molecule has 0 spiro atoms. The van der Waals surface area contributed by atoms with Crippen molar-refractivity contribution < 1.29 is 0 Å². The van der Waals surface area contributed by atoms with Gasteiger partial charge < -0.3 is 4.90 Å². The average Bonchev–Trinajstić information content (AvgIpc) is 2.48. The molecule has 0 saturated carbocycles. The van der Waals surface area contributed by atoms with E-state index >= 15 is 0 Å². The predicted molar refractivity (Wildman–Crippen MR) is 56.5 cm³/mol. The molecule has 1 heterocycles. The molecular weight excluding hydrogens is 162 g/mol. The molecule has 1 unspecified atom stereocenters. The van der Waals surface area contributed by atoms with E-state index in [4.69, 9.17) is 0 Å². The van der Waals surface area contributed by atoms with Crippen LogP contribution in [0.2, 0.25) is 0 Å². The van der Waals surface area contributed by atoms with Gasteiger partial charge in [0.15, 0.2) is 0 Å². The van der Waals surface area contributed by atoms with Crippen molar-refractivity contribution in [2.45, 2.75) is 52.7 Å². The summed E-state index contributed by atoms with van der Waals surface area (Å²) in [6.07, 6.45) is 4.77. The second-order valence-corrected chi connectivity index (χ2v) is 3.82. The topological polar surface area (TPSA) is 18.8 Å². The summed E-state index contributed by atoms with van der Waals surface area (Å²) in [5.41, 5.74) is 0. The van der Waals surface area contributed by atoms with Crippen LogP contribution in [0.15, 0.2) is 5.10 Å². The molecule has 0 aromatic heterocycles. The van der Waals surface area contributed by atoms with Crippen molar-refractivity contribution in [3.05, 3.63) is 0 Å². The lowest BCUT2D eigenvalue weighted by Gasteiger charge is -2.32. The van der Waals surface area contributed by atoms with Crippen molar-refractivity contribution in [1.82, 2.24) is 9.91 Å². The lowest BCUT2D eigenvalue weighted by molar-refractivity contribution is 0.109. The molecular formula is C10H21N3. The summed E-state index contributed by atoms with van der Waals surface area (Å²) in [5, 5.41) is 6.61. The first-order valence-electron chi connectivity index (χ1n) is 5.28. The molecule has 3 nitrogen and oxygen atoms in total. The van der Waals surface area contributed by atoms with Gasteiger partial charge in [-0.25, -0.2) is 0 Å². The van der Waals surface area contributed by atoms with Gasteiger partial charge >= 0.3 is 0 Å². The fourth-order valence-electron chi connectivity index (χ4n) is 1.77. The van der Waals surface area contributed by atoms with Crippen molar-refractivity contribution in [1.29, 1.82) is 0 Å². The average molecular weight is 183 g/mol. The second kappa shape index (κ2) is 4.49. The summed E-state index contributed by atoms with van der Waals surface area (Å²) in [4.78, 5) is 2.33. The minimum absolute atomic E-state index is 0.486. The minimum atomic E-state index is 0.486. The van der Waals surface area contributed by atoms with Crippen LogP contribution in [-0.4, -0.2) is 35.0 Å². The van der Waals surface area contributed by atoms with E-state index in [1.807, 2.05) is 6.34 Å². The van der Waals surface area contributed by atoms with Crippen LogP contribution in [0.5, 0.6) is 0 Å². The lowest BCUT2D eigenvalue weighted by atomic mass is 10.2. The molecule has 0 aliphatic carbocycles. The highest BCUT2D eigenvalue weighted by molar-refractivity contribution is 5.57. The number of rotatable bonds is 4. The third-order valence-electron chi connectivity index (χ3n) is 2.44. The van der Waals surface area contributed by atoms with Crippen molar-refractivity contribution in [3.63, 3.8) is 0 Å². The Balaban J connectivity index is 2.58. The molecule has 0 amide bonds. The maximum Gasteiger partial charge on any atom is 0.119 e. The first-order chi connectivity index (χ1) is 6.20. The molecule has 76 valence electrons. The first-order valence-corrected chi connectivity index (χ1v) is 5.28. The number of hydrogen-bond donors (Lipinski definition) is 0. The summed E-state index contributed by atoms with van der Waals surface area (Å²) >= 11 is 0. The summed E-state index contributed by atoms with van der Waals surface area (Å²) in [5.74, 6) is 0. The monoisotopic (exact) mass is 183 g/mol. The largest absolute Gasteiger partial charge is 0.337 e. The van der Waals surface area contributed by atoms with Gasteiger partial charge in [0, 0.05) is 12.6 Å². The van der Waals surface area contributed by atoms with Crippen LogP contribution in [0, 0.1) is 0 Å². The zero-order chi connectivity index (χ0) is 9.84. The van der Waals surface area contributed by atoms with Crippen LogP contribution in [0.3, 0.4) is 0 Å². The number of nitrogens with zero attached hydrogens (tertiary/aromatic N) is 3. The molecule has 0 N–H and O–H groups in total. The van der Waals surface area contributed by atoms with Crippen LogP contribution in [0.4, 0.5) is 0 Å². The molecule has 0 fully saturated rings. The molecule has 0 aromatic carbocycles. The lowest BCUT2D eigenvalue weighted by Crippen LogP contribution is -2.42. The maximum atomic E-state index is 4.41. The predicted octanol–water partition coefficient (Wildman–Crippen LogP) is 2.10. The van der Waals surface area contributed by atoms with Gasteiger partial charge in [0.2, 0.25) is 0 Å². The normalized spacial score (nSPS) is 22.1. The van der Waals surface area contributed by atoms with Gasteiger partial charge in [-0.2, -0.15) is 5.10 Å². The van der Waals surface area contributed by atoms with Gasteiger partial charge in [-0.05, 0) is 26.7 Å². The number of hydrazone groups is 1. The van der Waals surface area contributed by atoms with E-state index < -0.39 is 0 Å². The maximum absolute atomic E-state index is 4.41. The Kier molecular flexibility index (Phi) is 3.58. The van der Waals surface area contributed by atoms with E-state index in [1.54, 1.807) is 0 Å². The van der Waals surface area contributed by atoms with Crippen molar-refractivity contribution >= 4 is 6.34 Å². The molecule has 3 heteroatoms. The summed E-state index contributed by atoms with van der Waals surface area (Å²) in [7, 11) is 0. The minimum Gasteiger partial charge on any atom is -0.337 e. The van der Waals surface area contributed by atoms with Gasteiger partial charge in [0.25, 0.3) is 0 Å². The van der Waals surface area contributed by atoms with Crippen LogP contribution in [0.1, 0.15) is 40.5 Å². The Bertz CT molecular complexity index is 177. The summed E-state index contributed by atoms with van der Waals surface area (Å²) in [6, 6.07) is 0.551. The van der Waals surface area contributed by atoms with Crippen LogP contribution >= 0.6 is 0 Å². The van der Waals surface area contributed by atoms with Crippen molar-refractivity contribution in [2.24, 2.45) is 5.10 Å². The molecule has 1 aliphatic rings. The van der Waals surface area contributed by atoms with Gasteiger partial charge in [0.05, 0.1) is 0 Å². The molecule has 13 heavy (non-hydrogen) atoms. The van der Waals surface area contributed by atoms with E-state index in [-0.39, 0.29) is 0 Å². The Hall–Kier alpha value is -0.730. The molecule has 1 aliphatic heterocycles. The van der Waals surface area contributed by atoms with Crippen LogP contribution in [0.25, 0.3) is 0 Å². The Morgan fingerprint density at radius 1 is 1.38 bits per heavy atom. The Morgan fingerprint density at radius 2 is 2.08 bits per heavy atom. The second-order valence-electron chi connectivity index (χ2n) is 3.82. The van der Waals surface area contributed by atoms with Gasteiger partial charge in [-0.1, -0.05) is 13.8 Å². The standard InChI is InChI=1S/C10H21N3/c1-5-7-13-10(6-2)12(8-11-13)9(3)4/h8-10H,5-7H2,1-4H3. The van der Waals surface area contributed by atoms with E-state index in [0.717, 1.165) is 13.0 Å². The zero-order valence-corrected chi connectivity index (χ0v) is 9.20. The van der Waals surface area contributed by atoms with Crippen molar-refractivity contribution in [2.75, 3.05) is 6.54 Å². The molecule has 1 rings (SSSR count). The van der Waals surface area contributed by atoms with E-state index in [2.05, 4.69) is 42.7 Å². The van der Waals surface area contributed by atoms with E-state index in [9.17, 15) is 0 Å². The fourth-order valence-corrected chi connectivity index (χ4v) is 1.77. The highest BCUT2D eigenvalue weighted by atomic mass is 15.6. The molecule has 0 aromatic rings. The quantitative estimate of drug-likeness (QED) is 0.664. The highest BCUT2D eigenvalue weighted by Gasteiger charge is 2.26. The zero-order valence-electron chi connectivity index (χ0n) is 9.20. The van der Waals surface area contributed by atoms with Crippen LogP contribution in [-0.2, 0) is 0 Å². The van der Waals surface area contributed by atoms with E-state index in [1.165, 1.54) is 6.42 Å². The summed E-state index contributed by atoms with van der Waals surface area (Å²) in [6.45, 7) is 9.91. The molecule has 0 radical (unpaired) electrons. The van der Waals surface area contributed by atoms with Gasteiger partial charge in [0.1, 0.15) is 12.5 Å². The Morgan fingerprint density at radius 3 is 2.54 bits per heavy atom. The third kappa shape index (κ3) is 2.14. The number of hydrogen-bond acceptors (Lipinski definition) is 3. The van der Waals surface area contributed by atoms with Crippen LogP contribution < -0.4 is 0 Å². The highest BCUT2D eigenvalue weighted by Crippen LogP contribution is 2.18. The van der Waals surface area contributed by atoms with Gasteiger partial charge in [-0.3, -0.25) is 5.01 Å². The molecule has 1 atom stereocenters. The first kappa shape index (κ1) is 10.4. The molecule has 0 bridgehead atoms. The smallest absolute Gasteiger partial charge is 0.119 e. The van der Waals surface area contributed by atoms with Gasteiger partial charge in [-0.15, -0.1) is 0 Å². The SMILES string of the molecule is CCCN1N=CN(C(C)C)C1CC. The fraction of sp³-hybridized carbons (Fsp3) is 0.900. The summed E-state index contributed by atoms with van der Waals surface area (Å²) < 4.78 is 0. The molecule has 0 saturated heterocycles. The van der Waals surface area contributed by atoms with Crippen molar-refractivity contribution in [3.8, 4) is 0 Å². The van der Waals surface area contributed by atoms with E-state index in [0.29, 0.717) is 12.2 Å².